The van der Waals surface area contributed by atoms with Gasteiger partial charge in [-0.15, -0.1) is 0 Å². The van der Waals surface area contributed by atoms with E-state index < -0.39 is 8.32 Å². The van der Waals surface area contributed by atoms with Gasteiger partial charge in [0.25, 0.3) is 8.32 Å². The first-order valence-corrected chi connectivity index (χ1v) is 14.2. The van der Waals surface area contributed by atoms with Crippen LogP contribution in [0, 0.1) is 0 Å². The molecule has 0 radical (unpaired) electrons. The van der Waals surface area contributed by atoms with Crippen LogP contribution in [0.2, 0.25) is 5.04 Å². The Hall–Kier alpha value is -1.46. The van der Waals surface area contributed by atoms with Crippen molar-refractivity contribution >= 4 is 50.6 Å². The van der Waals surface area contributed by atoms with E-state index in [2.05, 4.69) is 150 Å². The molecule has 0 aromatic heterocycles. The van der Waals surface area contributed by atoms with Gasteiger partial charge in [0.2, 0.25) is 0 Å². The third-order valence-electron chi connectivity index (χ3n) is 5.62. The largest absolute Gasteiger partial charge is 0.401 e. The zero-order valence-corrected chi connectivity index (χ0v) is 22.6. The van der Waals surface area contributed by atoms with Crippen LogP contribution in [0.4, 0.5) is 0 Å². The van der Waals surface area contributed by atoms with Crippen molar-refractivity contribution in [3.05, 3.63) is 106 Å². The molecule has 3 aromatic rings. The van der Waals surface area contributed by atoms with Crippen molar-refractivity contribution in [2.24, 2.45) is 0 Å². The summed E-state index contributed by atoms with van der Waals surface area (Å²) in [6, 6.07) is 32.3. The standard InChI is InChI=1S/C27H30Br2OSi/c1-27(2,3)31(24-15-9-5-10-16-24,25-17-11-6-12-18-25)30-23(21-26(28)29)20-19-22-13-7-4-8-14-22/h4-18,21,23H,19-20H2,1-3H3. The van der Waals surface area contributed by atoms with E-state index in [0.29, 0.717) is 0 Å². The van der Waals surface area contributed by atoms with Crippen molar-refractivity contribution in [2.45, 2.75) is 44.8 Å². The summed E-state index contributed by atoms with van der Waals surface area (Å²) < 4.78 is 8.24. The van der Waals surface area contributed by atoms with Crippen molar-refractivity contribution in [3.63, 3.8) is 0 Å². The molecule has 3 aromatic carbocycles. The molecule has 0 saturated heterocycles. The second-order valence-electron chi connectivity index (χ2n) is 8.80. The molecule has 0 fully saturated rings. The first-order valence-electron chi connectivity index (χ1n) is 10.7. The summed E-state index contributed by atoms with van der Waals surface area (Å²) in [6.07, 6.45) is 4.01. The van der Waals surface area contributed by atoms with Crippen molar-refractivity contribution < 1.29 is 4.43 Å². The number of hydrogen-bond acceptors (Lipinski definition) is 1. The van der Waals surface area contributed by atoms with Crippen molar-refractivity contribution in [1.82, 2.24) is 0 Å². The third kappa shape index (κ3) is 6.07. The molecule has 31 heavy (non-hydrogen) atoms. The van der Waals surface area contributed by atoms with E-state index in [1.165, 1.54) is 15.9 Å². The summed E-state index contributed by atoms with van der Waals surface area (Å²) in [7, 11) is -2.60. The maximum Gasteiger partial charge on any atom is 0.261 e. The number of benzene rings is 3. The molecule has 0 saturated carbocycles. The molecular formula is C27H30Br2OSi. The molecular weight excluding hydrogens is 528 g/mol. The van der Waals surface area contributed by atoms with Crippen molar-refractivity contribution in [1.29, 1.82) is 0 Å². The van der Waals surface area contributed by atoms with Gasteiger partial charge in [0.15, 0.2) is 0 Å². The lowest BCUT2D eigenvalue weighted by Gasteiger charge is -2.45. The van der Waals surface area contributed by atoms with E-state index in [4.69, 9.17) is 4.43 Å². The maximum absolute atomic E-state index is 7.31. The average Bonchev–Trinajstić information content (AvgIpc) is 2.76. The second-order valence-corrected chi connectivity index (χ2v) is 15.8. The Morgan fingerprint density at radius 3 is 1.68 bits per heavy atom. The minimum Gasteiger partial charge on any atom is -0.401 e. The molecule has 0 aliphatic heterocycles. The Bertz CT molecular complexity index is 923. The van der Waals surface area contributed by atoms with Gasteiger partial charge in [-0.05, 0) is 71.8 Å². The highest BCUT2D eigenvalue weighted by molar-refractivity contribution is 9.28. The van der Waals surface area contributed by atoms with Gasteiger partial charge in [0, 0.05) is 0 Å². The van der Waals surface area contributed by atoms with Crippen LogP contribution in [-0.2, 0) is 10.8 Å². The van der Waals surface area contributed by atoms with Gasteiger partial charge in [-0.1, -0.05) is 112 Å². The van der Waals surface area contributed by atoms with Gasteiger partial charge < -0.3 is 4.43 Å². The van der Waals surface area contributed by atoms with Crippen molar-refractivity contribution in [3.8, 4) is 0 Å². The lowest BCUT2D eigenvalue weighted by molar-refractivity contribution is 0.223. The van der Waals surface area contributed by atoms with E-state index in [1.807, 2.05) is 0 Å². The highest BCUT2D eigenvalue weighted by atomic mass is 79.9. The molecule has 0 aliphatic rings. The minimum absolute atomic E-state index is 0.0275. The highest BCUT2D eigenvalue weighted by Crippen LogP contribution is 2.38. The van der Waals surface area contributed by atoms with Crippen LogP contribution >= 0.6 is 31.9 Å². The van der Waals surface area contributed by atoms with Gasteiger partial charge in [-0.2, -0.15) is 0 Å². The lowest BCUT2D eigenvalue weighted by Crippen LogP contribution is -2.67. The summed E-state index contributed by atoms with van der Waals surface area (Å²) in [5.41, 5.74) is 1.33. The zero-order chi connectivity index (χ0) is 22.3. The zero-order valence-electron chi connectivity index (χ0n) is 18.4. The van der Waals surface area contributed by atoms with Gasteiger partial charge in [-0.25, -0.2) is 0 Å². The Morgan fingerprint density at radius 1 is 0.806 bits per heavy atom. The number of halogens is 2. The minimum atomic E-state index is -2.60. The quantitative estimate of drug-likeness (QED) is 0.266. The van der Waals surface area contributed by atoms with Gasteiger partial charge in [-0.3, -0.25) is 0 Å². The molecule has 4 heteroatoms. The molecule has 1 nitrogen and oxygen atoms in total. The topological polar surface area (TPSA) is 9.23 Å². The van der Waals surface area contributed by atoms with Crippen LogP contribution in [0.25, 0.3) is 0 Å². The summed E-state index contributed by atoms with van der Waals surface area (Å²) in [5.74, 6) is 0. The third-order valence-corrected chi connectivity index (χ3v) is 11.2. The SMILES string of the molecule is CC(C)(C)[Si](OC(C=C(Br)Br)CCc1ccccc1)(c1ccccc1)c1ccccc1. The van der Waals surface area contributed by atoms with Crippen LogP contribution in [0.1, 0.15) is 32.8 Å². The normalized spacial score (nSPS) is 12.9. The highest BCUT2D eigenvalue weighted by Gasteiger charge is 2.51. The van der Waals surface area contributed by atoms with Gasteiger partial charge in [0.1, 0.15) is 0 Å². The van der Waals surface area contributed by atoms with E-state index in [1.54, 1.807) is 0 Å². The van der Waals surface area contributed by atoms with Gasteiger partial charge >= 0.3 is 0 Å². The Morgan fingerprint density at radius 2 is 1.26 bits per heavy atom. The van der Waals surface area contributed by atoms with Crippen LogP contribution in [0.3, 0.4) is 0 Å². The van der Waals surface area contributed by atoms with E-state index in [0.717, 1.165) is 16.2 Å². The molecule has 3 rings (SSSR count). The first-order chi connectivity index (χ1) is 14.8. The monoisotopic (exact) mass is 556 g/mol. The molecule has 162 valence electrons. The molecule has 0 N–H and O–H groups in total. The molecule has 1 atom stereocenters. The van der Waals surface area contributed by atoms with Crippen LogP contribution in [-0.4, -0.2) is 14.4 Å². The lowest BCUT2D eigenvalue weighted by atomic mass is 10.1. The molecule has 0 aliphatic carbocycles. The maximum atomic E-state index is 7.31. The fraction of sp³-hybridized carbons (Fsp3) is 0.259. The van der Waals surface area contributed by atoms with Gasteiger partial charge in [0.05, 0.1) is 9.50 Å². The van der Waals surface area contributed by atoms with E-state index in [-0.39, 0.29) is 11.1 Å². The van der Waals surface area contributed by atoms with Crippen LogP contribution < -0.4 is 10.4 Å². The van der Waals surface area contributed by atoms with Crippen molar-refractivity contribution in [2.75, 3.05) is 0 Å². The Labute approximate surface area is 204 Å². The number of aryl methyl sites for hydroxylation is 1. The second kappa shape index (κ2) is 10.9. The predicted octanol–water partition coefficient (Wildman–Crippen LogP) is 7.20. The Balaban J connectivity index is 2.07. The predicted molar refractivity (Wildman–Crippen MR) is 143 cm³/mol. The summed E-state index contributed by atoms with van der Waals surface area (Å²) >= 11 is 7.17. The fourth-order valence-corrected chi connectivity index (χ4v) is 9.43. The average molecular weight is 558 g/mol. The molecule has 0 spiro atoms. The smallest absolute Gasteiger partial charge is 0.261 e. The van der Waals surface area contributed by atoms with Crippen LogP contribution in [0.5, 0.6) is 0 Å². The number of hydrogen-bond donors (Lipinski definition) is 0. The number of rotatable bonds is 8. The Kier molecular flexibility index (Phi) is 8.51. The summed E-state index contributed by atoms with van der Waals surface area (Å²) in [5, 5.41) is 2.56. The molecule has 0 heterocycles. The van der Waals surface area contributed by atoms with E-state index in [9.17, 15) is 0 Å². The van der Waals surface area contributed by atoms with Crippen LogP contribution in [0.15, 0.2) is 100 Å². The summed E-state index contributed by atoms with van der Waals surface area (Å²) in [6.45, 7) is 6.96. The van der Waals surface area contributed by atoms with E-state index >= 15 is 0 Å². The fourth-order valence-electron chi connectivity index (χ4n) is 4.19. The molecule has 0 bridgehead atoms. The molecule has 0 amide bonds. The first kappa shape index (κ1) is 24.2. The summed E-state index contributed by atoms with van der Waals surface area (Å²) in [4.78, 5) is 0. The molecule has 1 unspecified atom stereocenters.